The highest BCUT2D eigenvalue weighted by atomic mass is 16.3. The molecule has 4 heterocycles. The van der Waals surface area contributed by atoms with E-state index in [9.17, 15) is 4.79 Å². The fourth-order valence-corrected chi connectivity index (χ4v) is 2.46. The van der Waals surface area contributed by atoms with Crippen molar-refractivity contribution < 1.29 is 9.21 Å². The average molecular weight is 319 g/mol. The van der Waals surface area contributed by atoms with Crippen LogP contribution in [0.5, 0.6) is 0 Å². The second kappa shape index (κ2) is 5.62. The molecule has 4 aromatic heterocycles. The molecule has 0 saturated heterocycles. The number of furan rings is 1. The first-order valence-electron chi connectivity index (χ1n) is 7.32. The van der Waals surface area contributed by atoms with Gasteiger partial charge in [-0.1, -0.05) is 6.07 Å². The highest BCUT2D eigenvalue weighted by Gasteiger charge is 2.10. The number of nitrogens with zero attached hydrogens (tertiary/aromatic N) is 4. The third-order valence-electron chi connectivity index (χ3n) is 3.52. The molecule has 1 amide bonds. The standard InChI is InChI=1S/C17H13N5O2/c1-11(23)20-16-7-15-13(8-18-16)9-19-22(15)17-4-2-3-14(21-17)12-5-6-24-10-12/h2-10H,1H3,(H,18,20,23). The van der Waals surface area contributed by atoms with E-state index in [1.807, 2.05) is 24.3 Å². The molecule has 0 aliphatic heterocycles. The van der Waals surface area contributed by atoms with Crippen LogP contribution in [-0.4, -0.2) is 25.7 Å². The summed E-state index contributed by atoms with van der Waals surface area (Å²) in [4.78, 5) is 20.0. The number of rotatable bonds is 3. The normalized spacial score (nSPS) is 10.9. The number of nitrogens with one attached hydrogen (secondary N) is 1. The topological polar surface area (TPSA) is 85.8 Å². The summed E-state index contributed by atoms with van der Waals surface area (Å²) in [6.45, 7) is 1.44. The summed E-state index contributed by atoms with van der Waals surface area (Å²) in [6.07, 6.45) is 6.64. The van der Waals surface area contributed by atoms with Gasteiger partial charge >= 0.3 is 0 Å². The first-order chi connectivity index (χ1) is 11.7. The number of carbonyl (C=O) groups is 1. The van der Waals surface area contributed by atoms with Crippen molar-refractivity contribution in [1.29, 1.82) is 0 Å². The molecule has 0 atom stereocenters. The summed E-state index contributed by atoms with van der Waals surface area (Å²) in [5.41, 5.74) is 2.50. The smallest absolute Gasteiger partial charge is 0.222 e. The predicted octanol–water partition coefficient (Wildman–Crippen LogP) is 3.03. The minimum atomic E-state index is -0.173. The fourth-order valence-electron chi connectivity index (χ4n) is 2.46. The van der Waals surface area contributed by atoms with Gasteiger partial charge in [-0.3, -0.25) is 4.79 Å². The molecule has 0 aliphatic rings. The molecular formula is C17H13N5O2. The van der Waals surface area contributed by atoms with Crippen LogP contribution in [0.25, 0.3) is 28.0 Å². The Bertz CT molecular complexity index is 1020. The number of hydrogen-bond donors (Lipinski definition) is 1. The van der Waals surface area contributed by atoms with E-state index in [2.05, 4.69) is 20.4 Å². The summed E-state index contributed by atoms with van der Waals surface area (Å²) in [5.74, 6) is 0.972. The van der Waals surface area contributed by atoms with Gasteiger partial charge in [-0.15, -0.1) is 0 Å². The number of anilines is 1. The van der Waals surface area contributed by atoms with Gasteiger partial charge < -0.3 is 9.73 Å². The quantitative estimate of drug-likeness (QED) is 0.627. The van der Waals surface area contributed by atoms with Crippen LogP contribution < -0.4 is 5.32 Å². The minimum absolute atomic E-state index is 0.173. The SMILES string of the molecule is CC(=O)Nc1cc2c(cn1)cnn2-c1cccc(-c2ccoc2)n1. The highest BCUT2D eigenvalue weighted by Crippen LogP contribution is 2.22. The largest absolute Gasteiger partial charge is 0.472 e. The van der Waals surface area contributed by atoms with E-state index in [4.69, 9.17) is 4.42 Å². The summed E-state index contributed by atoms with van der Waals surface area (Å²) in [7, 11) is 0. The molecule has 4 aromatic rings. The fraction of sp³-hybridized carbons (Fsp3) is 0.0588. The van der Waals surface area contributed by atoms with Crippen molar-refractivity contribution in [2.75, 3.05) is 5.32 Å². The lowest BCUT2D eigenvalue weighted by molar-refractivity contribution is -0.114. The molecule has 0 fully saturated rings. The van der Waals surface area contributed by atoms with Gasteiger partial charge in [0.1, 0.15) is 5.82 Å². The lowest BCUT2D eigenvalue weighted by Gasteiger charge is -2.06. The number of aromatic nitrogens is 4. The second-order valence-electron chi connectivity index (χ2n) is 5.26. The second-order valence-corrected chi connectivity index (χ2v) is 5.26. The van der Waals surface area contributed by atoms with E-state index in [0.717, 1.165) is 22.2 Å². The first kappa shape index (κ1) is 14.1. The summed E-state index contributed by atoms with van der Waals surface area (Å²) in [6, 6.07) is 9.31. The molecule has 0 aliphatic carbocycles. The van der Waals surface area contributed by atoms with E-state index in [-0.39, 0.29) is 5.91 Å². The van der Waals surface area contributed by atoms with Gasteiger partial charge in [0.15, 0.2) is 5.82 Å². The molecule has 24 heavy (non-hydrogen) atoms. The number of pyridine rings is 2. The van der Waals surface area contributed by atoms with Crippen LogP contribution in [0.3, 0.4) is 0 Å². The average Bonchev–Trinajstić information content (AvgIpc) is 3.24. The number of carbonyl (C=O) groups excluding carboxylic acids is 1. The molecule has 118 valence electrons. The number of fused-ring (bicyclic) bond motifs is 1. The number of hydrogen-bond acceptors (Lipinski definition) is 5. The Labute approximate surface area is 137 Å². The zero-order valence-electron chi connectivity index (χ0n) is 12.8. The Morgan fingerprint density at radius 3 is 2.96 bits per heavy atom. The van der Waals surface area contributed by atoms with Crippen molar-refractivity contribution in [2.45, 2.75) is 6.92 Å². The highest BCUT2D eigenvalue weighted by molar-refractivity contribution is 5.90. The van der Waals surface area contributed by atoms with E-state index in [0.29, 0.717) is 11.6 Å². The molecule has 0 spiro atoms. The van der Waals surface area contributed by atoms with Crippen molar-refractivity contribution in [2.24, 2.45) is 0 Å². The Hall–Kier alpha value is -3.48. The van der Waals surface area contributed by atoms with Crippen LogP contribution in [0.2, 0.25) is 0 Å². The molecule has 0 unspecified atom stereocenters. The van der Waals surface area contributed by atoms with Crippen LogP contribution >= 0.6 is 0 Å². The summed E-state index contributed by atoms with van der Waals surface area (Å²) in [5, 5.41) is 7.92. The monoisotopic (exact) mass is 319 g/mol. The van der Waals surface area contributed by atoms with Gasteiger partial charge in [0.05, 0.1) is 29.9 Å². The van der Waals surface area contributed by atoms with E-state index >= 15 is 0 Å². The maximum absolute atomic E-state index is 11.2. The molecule has 7 heteroatoms. The van der Waals surface area contributed by atoms with Crippen molar-refractivity contribution in [1.82, 2.24) is 19.7 Å². The predicted molar refractivity (Wildman–Crippen MR) is 88.7 cm³/mol. The van der Waals surface area contributed by atoms with Gasteiger partial charge in [0.2, 0.25) is 5.91 Å². The third kappa shape index (κ3) is 2.52. The molecule has 0 bridgehead atoms. The van der Waals surface area contributed by atoms with Gasteiger partial charge in [0, 0.05) is 30.1 Å². The Kier molecular flexibility index (Phi) is 3.31. The number of amides is 1. The van der Waals surface area contributed by atoms with E-state index in [1.165, 1.54) is 6.92 Å². The summed E-state index contributed by atoms with van der Waals surface area (Å²) < 4.78 is 6.83. The molecule has 4 rings (SSSR count). The maximum atomic E-state index is 11.2. The first-order valence-corrected chi connectivity index (χ1v) is 7.32. The van der Waals surface area contributed by atoms with Gasteiger partial charge in [-0.05, 0) is 18.2 Å². The van der Waals surface area contributed by atoms with Crippen molar-refractivity contribution >= 4 is 22.6 Å². The Morgan fingerprint density at radius 2 is 2.17 bits per heavy atom. The zero-order valence-corrected chi connectivity index (χ0v) is 12.8. The Morgan fingerprint density at radius 1 is 1.25 bits per heavy atom. The van der Waals surface area contributed by atoms with Gasteiger partial charge in [0.25, 0.3) is 0 Å². The van der Waals surface area contributed by atoms with Crippen molar-refractivity contribution in [3.63, 3.8) is 0 Å². The molecule has 1 N–H and O–H groups in total. The van der Waals surface area contributed by atoms with Crippen LogP contribution in [-0.2, 0) is 4.79 Å². The van der Waals surface area contributed by atoms with Crippen molar-refractivity contribution in [3.05, 3.63) is 55.3 Å². The molecule has 7 nitrogen and oxygen atoms in total. The lowest BCUT2D eigenvalue weighted by Crippen LogP contribution is -2.07. The van der Waals surface area contributed by atoms with Crippen molar-refractivity contribution in [3.8, 4) is 17.1 Å². The summed E-state index contributed by atoms with van der Waals surface area (Å²) >= 11 is 0. The molecule has 0 radical (unpaired) electrons. The maximum Gasteiger partial charge on any atom is 0.222 e. The van der Waals surface area contributed by atoms with Crippen LogP contribution in [0.1, 0.15) is 6.92 Å². The minimum Gasteiger partial charge on any atom is -0.472 e. The molecular weight excluding hydrogens is 306 g/mol. The van der Waals surface area contributed by atoms with Crippen LogP contribution in [0, 0.1) is 0 Å². The lowest BCUT2D eigenvalue weighted by atomic mass is 10.2. The van der Waals surface area contributed by atoms with E-state index in [1.54, 1.807) is 35.7 Å². The van der Waals surface area contributed by atoms with Gasteiger partial charge in [-0.2, -0.15) is 5.10 Å². The molecule has 0 aromatic carbocycles. The van der Waals surface area contributed by atoms with Gasteiger partial charge in [-0.25, -0.2) is 14.6 Å². The molecule has 0 saturated carbocycles. The van der Waals surface area contributed by atoms with Crippen LogP contribution in [0.15, 0.2) is 59.7 Å². The van der Waals surface area contributed by atoms with Crippen LogP contribution in [0.4, 0.5) is 5.82 Å². The Balaban J connectivity index is 1.81. The third-order valence-corrected chi connectivity index (χ3v) is 3.52. The van der Waals surface area contributed by atoms with E-state index < -0.39 is 0 Å². The zero-order chi connectivity index (χ0) is 16.5.